The van der Waals surface area contributed by atoms with Crippen LogP contribution in [0.3, 0.4) is 0 Å². The maximum atomic E-state index is 13.4. The molecule has 0 aliphatic heterocycles. The first-order valence-corrected chi connectivity index (χ1v) is 17.1. The van der Waals surface area contributed by atoms with Crippen molar-refractivity contribution in [2.75, 3.05) is 9.44 Å². The quantitative estimate of drug-likeness (QED) is 0.184. The van der Waals surface area contributed by atoms with Gasteiger partial charge >= 0.3 is 0 Å². The number of halogens is 3. The normalized spacial score (nSPS) is 12.4. The molecule has 0 atom stereocenters. The van der Waals surface area contributed by atoms with Crippen molar-refractivity contribution < 1.29 is 16.8 Å². The van der Waals surface area contributed by atoms with E-state index >= 15 is 0 Å². The Morgan fingerprint density at radius 3 is 1.62 bits per heavy atom. The minimum Gasteiger partial charge on any atom is -0.277 e. The van der Waals surface area contributed by atoms with Crippen LogP contribution >= 0.6 is 66.1 Å². The van der Waals surface area contributed by atoms with Crippen LogP contribution in [0, 0.1) is 13.8 Å². The fourth-order valence-corrected chi connectivity index (χ4v) is 10.5. The van der Waals surface area contributed by atoms with Crippen LogP contribution in [0.5, 0.6) is 0 Å². The summed E-state index contributed by atoms with van der Waals surface area (Å²) in [5.41, 5.74) is 1.30. The van der Waals surface area contributed by atoms with Crippen LogP contribution in [0.2, 0.25) is 5.02 Å². The standard InChI is InChI=1S/C24H17Br2ClN2O4S4/c1-12-17-9-14(25)3-7-21(17)34-23(12)36(30,31)28-19-6-5-16(27)11-20(19)29-37(32,33)24-13(2)18-10-15(26)4-8-22(18)35-24/h3-11,28-29H,1-2H3. The number of nitrogens with one attached hydrogen (secondary N) is 2. The SMILES string of the molecule is Cc1c(S(=O)(=O)Nc2ccc(Cl)cc2NS(=O)(=O)c2sc3ccc(Br)cc3c2C)sc2ccc(Br)cc12. The first kappa shape index (κ1) is 26.9. The Labute approximate surface area is 244 Å². The molecule has 0 unspecified atom stereocenters. The molecule has 37 heavy (non-hydrogen) atoms. The average molecular weight is 721 g/mol. The van der Waals surface area contributed by atoms with Crippen molar-refractivity contribution in [1.29, 1.82) is 0 Å². The van der Waals surface area contributed by atoms with Gasteiger partial charge in [0.25, 0.3) is 20.0 Å². The highest BCUT2D eigenvalue weighted by Crippen LogP contribution is 2.40. The molecule has 0 aliphatic carbocycles. The lowest BCUT2D eigenvalue weighted by Crippen LogP contribution is -2.17. The third kappa shape index (κ3) is 5.17. The molecule has 0 radical (unpaired) electrons. The van der Waals surface area contributed by atoms with Crippen molar-refractivity contribution in [3.8, 4) is 0 Å². The maximum absolute atomic E-state index is 13.4. The second-order valence-corrected chi connectivity index (χ2v) is 16.3. The Hall–Kier alpha value is -1.67. The highest BCUT2D eigenvalue weighted by atomic mass is 79.9. The van der Waals surface area contributed by atoms with Crippen LogP contribution in [0.25, 0.3) is 20.2 Å². The summed E-state index contributed by atoms with van der Waals surface area (Å²) >= 11 is 15.3. The largest absolute Gasteiger partial charge is 0.277 e. The Morgan fingerprint density at radius 2 is 1.14 bits per heavy atom. The highest BCUT2D eigenvalue weighted by molar-refractivity contribution is 9.10. The molecule has 0 saturated heterocycles. The molecule has 0 amide bonds. The van der Waals surface area contributed by atoms with Gasteiger partial charge in [-0.25, -0.2) is 16.8 Å². The maximum Gasteiger partial charge on any atom is 0.271 e. The Kier molecular flexibility index (Phi) is 7.14. The summed E-state index contributed by atoms with van der Waals surface area (Å²) in [4.78, 5) is 0. The topological polar surface area (TPSA) is 92.3 Å². The van der Waals surface area contributed by atoms with Gasteiger partial charge in [0.2, 0.25) is 0 Å². The number of hydrogen-bond donors (Lipinski definition) is 2. The molecule has 5 aromatic rings. The van der Waals surface area contributed by atoms with Crippen molar-refractivity contribution in [2.24, 2.45) is 0 Å². The zero-order valence-electron chi connectivity index (χ0n) is 19.1. The van der Waals surface area contributed by atoms with E-state index in [1.165, 1.54) is 18.2 Å². The van der Waals surface area contributed by atoms with Crippen molar-refractivity contribution in [3.05, 3.63) is 79.7 Å². The van der Waals surface area contributed by atoms with Crippen molar-refractivity contribution in [3.63, 3.8) is 0 Å². The molecule has 3 aromatic carbocycles. The van der Waals surface area contributed by atoms with Gasteiger partial charge in [-0.2, -0.15) is 0 Å². The molecule has 0 aliphatic rings. The molecule has 6 nitrogen and oxygen atoms in total. The van der Waals surface area contributed by atoms with E-state index in [9.17, 15) is 16.8 Å². The molecule has 0 fully saturated rings. The lowest BCUT2D eigenvalue weighted by atomic mass is 10.2. The molecule has 192 valence electrons. The Bertz CT molecular complexity index is 1930. The number of hydrogen-bond acceptors (Lipinski definition) is 6. The van der Waals surface area contributed by atoms with E-state index in [4.69, 9.17) is 11.6 Å². The van der Waals surface area contributed by atoms with Crippen LogP contribution < -0.4 is 9.44 Å². The summed E-state index contributed by atoms with van der Waals surface area (Å²) in [5, 5.41) is 1.89. The van der Waals surface area contributed by atoms with E-state index in [1.807, 2.05) is 36.4 Å². The molecule has 0 saturated carbocycles. The highest BCUT2D eigenvalue weighted by Gasteiger charge is 2.26. The van der Waals surface area contributed by atoms with E-state index in [-0.39, 0.29) is 24.8 Å². The summed E-state index contributed by atoms with van der Waals surface area (Å²) in [5.74, 6) is 0. The van der Waals surface area contributed by atoms with Gasteiger partial charge in [0.1, 0.15) is 8.42 Å². The molecule has 2 heterocycles. The predicted octanol–water partition coefficient (Wildman–Crippen LogP) is 8.51. The lowest BCUT2D eigenvalue weighted by Gasteiger charge is -2.15. The van der Waals surface area contributed by atoms with Gasteiger partial charge in [0.15, 0.2) is 0 Å². The zero-order valence-corrected chi connectivity index (χ0v) is 26.3. The number of sulfonamides is 2. The number of thiophene rings is 2. The second-order valence-electron chi connectivity index (χ2n) is 8.21. The lowest BCUT2D eigenvalue weighted by molar-refractivity contribution is 0.600. The van der Waals surface area contributed by atoms with Crippen molar-refractivity contribution in [2.45, 2.75) is 22.3 Å². The van der Waals surface area contributed by atoms with Crippen LogP contribution in [-0.4, -0.2) is 16.8 Å². The molecule has 2 N–H and O–H groups in total. The minimum absolute atomic E-state index is 0.0237. The Morgan fingerprint density at radius 1 is 0.676 bits per heavy atom. The molecule has 2 aromatic heterocycles. The van der Waals surface area contributed by atoms with E-state index in [1.54, 1.807) is 13.8 Å². The van der Waals surface area contributed by atoms with Gasteiger partial charge < -0.3 is 0 Å². The van der Waals surface area contributed by atoms with Gasteiger partial charge in [-0.05, 0) is 90.3 Å². The molecule has 13 heteroatoms. The fourth-order valence-electron chi connectivity index (χ4n) is 3.93. The van der Waals surface area contributed by atoms with E-state index in [2.05, 4.69) is 41.3 Å². The minimum atomic E-state index is -4.05. The molecular weight excluding hydrogens is 704 g/mol. The first-order valence-electron chi connectivity index (χ1n) is 10.6. The number of fused-ring (bicyclic) bond motifs is 2. The summed E-state index contributed by atoms with van der Waals surface area (Å²) < 4.78 is 62.5. The van der Waals surface area contributed by atoms with Crippen LogP contribution in [0.15, 0.2) is 72.0 Å². The molecule has 0 bridgehead atoms. The summed E-state index contributed by atoms with van der Waals surface area (Å²) in [6.45, 7) is 3.48. The fraction of sp³-hybridized carbons (Fsp3) is 0.0833. The molecular formula is C24H17Br2ClN2O4S4. The van der Waals surface area contributed by atoms with E-state index in [0.29, 0.717) is 11.1 Å². The average Bonchev–Trinajstić information content (AvgIpc) is 3.33. The van der Waals surface area contributed by atoms with Crippen molar-refractivity contribution >= 4 is 118 Å². The Balaban J connectivity index is 1.54. The molecule has 0 spiro atoms. The summed E-state index contributed by atoms with van der Waals surface area (Å²) in [6.07, 6.45) is 0. The van der Waals surface area contributed by atoms with Crippen LogP contribution in [0.4, 0.5) is 11.4 Å². The smallest absolute Gasteiger partial charge is 0.271 e. The van der Waals surface area contributed by atoms with Gasteiger partial charge in [-0.3, -0.25) is 9.44 Å². The number of aryl methyl sites for hydroxylation is 2. The predicted molar refractivity (Wildman–Crippen MR) is 162 cm³/mol. The third-order valence-electron chi connectivity index (χ3n) is 5.67. The number of benzene rings is 3. The number of anilines is 2. The second kappa shape index (κ2) is 9.82. The van der Waals surface area contributed by atoms with E-state index < -0.39 is 20.0 Å². The van der Waals surface area contributed by atoms with Gasteiger partial charge in [-0.1, -0.05) is 43.5 Å². The monoisotopic (exact) mass is 718 g/mol. The third-order valence-corrected chi connectivity index (χ3v) is 13.4. The van der Waals surface area contributed by atoms with Gasteiger partial charge in [0.05, 0.1) is 11.4 Å². The number of rotatable bonds is 6. The first-order chi connectivity index (χ1) is 17.4. The molecule has 5 rings (SSSR count). The van der Waals surface area contributed by atoms with Gasteiger partial charge in [0, 0.05) is 23.4 Å². The van der Waals surface area contributed by atoms with Crippen LogP contribution in [0.1, 0.15) is 11.1 Å². The van der Waals surface area contributed by atoms with Crippen molar-refractivity contribution in [1.82, 2.24) is 0 Å². The van der Waals surface area contributed by atoms with Gasteiger partial charge in [-0.15, -0.1) is 22.7 Å². The van der Waals surface area contributed by atoms with Crippen LogP contribution in [-0.2, 0) is 20.0 Å². The summed E-state index contributed by atoms with van der Waals surface area (Å²) in [7, 11) is -8.09. The zero-order chi connectivity index (χ0) is 26.7. The van der Waals surface area contributed by atoms with E-state index in [0.717, 1.165) is 51.8 Å². The summed E-state index contributed by atoms with van der Waals surface area (Å²) in [6, 6.07) is 15.4.